The number of anilines is 1. The first kappa shape index (κ1) is 17.8. The van der Waals surface area contributed by atoms with Gasteiger partial charge in [-0.25, -0.2) is 4.79 Å². The molecule has 0 N–H and O–H groups in total. The van der Waals surface area contributed by atoms with Crippen molar-refractivity contribution in [2.75, 3.05) is 10.7 Å². The summed E-state index contributed by atoms with van der Waals surface area (Å²) in [6.07, 6.45) is 0. The number of hydrogen-bond donors (Lipinski definition) is 0. The van der Waals surface area contributed by atoms with Crippen molar-refractivity contribution in [2.45, 2.75) is 17.5 Å². The normalized spacial score (nSPS) is 16.0. The molecule has 3 aromatic carbocycles. The molecule has 1 amide bonds. The number of thioether (sulfide) groups is 1. The highest BCUT2D eigenvalue weighted by atomic mass is 32.2. The number of para-hydroxylation sites is 3. The minimum Gasteiger partial charge on any atom is -0.408 e. The van der Waals surface area contributed by atoms with Crippen LogP contribution in [-0.4, -0.2) is 16.2 Å². The molecule has 6 heteroatoms. The van der Waals surface area contributed by atoms with Crippen LogP contribution in [0.1, 0.15) is 11.6 Å². The summed E-state index contributed by atoms with van der Waals surface area (Å²) in [5.41, 5.74) is 3.07. The van der Waals surface area contributed by atoms with Crippen LogP contribution in [0.15, 0.2) is 93.0 Å². The van der Waals surface area contributed by atoms with Crippen LogP contribution in [0.25, 0.3) is 11.1 Å². The number of carbonyl (C=O) groups is 1. The van der Waals surface area contributed by atoms with Crippen LogP contribution < -0.4 is 10.7 Å². The number of rotatable bonds is 3. The molecule has 1 aliphatic heterocycles. The lowest BCUT2D eigenvalue weighted by molar-refractivity contribution is -0.119. The topological polar surface area (TPSA) is 55.5 Å². The third-order valence-corrected chi connectivity index (χ3v) is 6.29. The third-order valence-electron chi connectivity index (χ3n) is 5.15. The molecule has 0 saturated carbocycles. The van der Waals surface area contributed by atoms with Crippen molar-refractivity contribution in [1.29, 1.82) is 0 Å². The van der Waals surface area contributed by atoms with Crippen LogP contribution in [0.5, 0.6) is 0 Å². The summed E-state index contributed by atoms with van der Waals surface area (Å²) in [5.74, 6) is 0.101. The summed E-state index contributed by atoms with van der Waals surface area (Å²) < 4.78 is 6.71. The Morgan fingerprint density at radius 1 is 0.966 bits per heavy atom. The second-order valence-corrected chi connectivity index (χ2v) is 7.95. The average molecular weight is 402 g/mol. The molecule has 4 aromatic rings. The largest absolute Gasteiger partial charge is 0.420 e. The Kier molecular flexibility index (Phi) is 4.48. The molecule has 29 heavy (non-hydrogen) atoms. The molecule has 0 radical (unpaired) electrons. The van der Waals surface area contributed by atoms with Gasteiger partial charge in [0.2, 0.25) is 5.91 Å². The van der Waals surface area contributed by atoms with E-state index < -0.39 is 5.76 Å². The SMILES string of the molecule is O=C(Cn1c(=O)oc2ccccc21)N1c2ccccc2SCC1c1ccccc1. The Morgan fingerprint density at radius 3 is 2.55 bits per heavy atom. The Labute approximate surface area is 171 Å². The maximum absolute atomic E-state index is 13.5. The molecule has 5 rings (SSSR count). The van der Waals surface area contributed by atoms with Gasteiger partial charge in [0.05, 0.1) is 17.2 Å². The molecule has 5 nitrogen and oxygen atoms in total. The molecule has 1 aromatic heterocycles. The van der Waals surface area contributed by atoms with Gasteiger partial charge < -0.3 is 9.32 Å². The predicted molar refractivity (Wildman–Crippen MR) is 114 cm³/mol. The van der Waals surface area contributed by atoms with E-state index in [4.69, 9.17) is 4.42 Å². The van der Waals surface area contributed by atoms with E-state index >= 15 is 0 Å². The van der Waals surface area contributed by atoms with Gasteiger partial charge in [-0.15, -0.1) is 11.8 Å². The van der Waals surface area contributed by atoms with Crippen molar-refractivity contribution < 1.29 is 9.21 Å². The fraction of sp³-hybridized carbons (Fsp3) is 0.130. The molecule has 0 fully saturated rings. The Morgan fingerprint density at radius 2 is 1.69 bits per heavy atom. The Bertz CT molecular complexity index is 1250. The van der Waals surface area contributed by atoms with E-state index in [1.807, 2.05) is 65.6 Å². The van der Waals surface area contributed by atoms with E-state index in [2.05, 4.69) is 0 Å². The number of benzene rings is 3. The molecule has 0 spiro atoms. The molecule has 2 heterocycles. The fourth-order valence-corrected chi connectivity index (χ4v) is 4.96. The summed E-state index contributed by atoms with van der Waals surface area (Å²) in [5, 5.41) is 0. The number of carbonyl (C=O) groups excluding carboxylic acids is 1. The zero-order chi connectivity index (χ0) is 19.8. The standard InChI is InChI=1S/C23H18N2O3S/c26-22(14-24-17-10-4-6-12-20(17)28-23(24)27)25-18-11-5-7-13-21(18)29-15-19(25)16-8-2-1-3-9-16/h1-13,19H,14-15H2. The average Bonchev–Trinajstić information content (AvgIpc) is 3.08. The number of nitrogens with zero attached hydrogens (tertiary/aromatic N) is 2. The minimum absolute atomic E-state index is 0.0712. The van der Waals surface area contributed by atoms with Crippen LogP contribution in [0, 0.1) is 0 Å². The zero-order valence-corrected chi connectivity index (χ0v) is 16.3. The molecular formula is C23H18N2O3S. The maximum Gasteiger partial charge on any atom is 0.420 e. The molecule has 0 aliphatic carbocycles. The second-order valence-electron chi connectivity index (χ2n) is 6.89. The molecule has 1 aliphatic rings. The van der Waals surface area contributed by atoms with Gasteiger partial charge in [-0.2, -0.15) is 0 Å². The zero-order valence-electron chi connectivity index (χ0n) is 15.5. The summed E-state index contributed by atoms with van der Waals surface area (Å²) in [6, 6.07) is 25.0. The molecule has 1 unspecified atom stereocenters. The van der Waals surface area contributed by atoms with Gasteiger partial charge >= 0.3 is 5.76 Å². The van der Waals surface area contributed by atoms with E-state index in [1.54, 1.807) is 30.0 Å². The van der Waals surface area contributed by atoms with Gasteiger partial charge in [-0.1, -0.05) is 54.6 Å². The van der Waals surface area contributed by atoms with E-state index in [0.29, 0.717) is 11.1 Å². The quantitative estimate of drug-likeness (QED) is 0.507. The lowest BCUT2D eigenvalue weighted by Gasteiger charge is -2.37. The molecule has 144 valence electrons. The number of oxazole rings is 1. The second kappa shape index (κ2) is 7.29. The lowest BCUT2D eigenvalue weighted by atomic mass is 10.1. The summed E-state index contributed by atoms with van der Waals surface area (Å²) in [4.78, 5) is 28.8. The van der Waals surface area contributed by atoms with E-state index in [-0.39, 0.29) is 18.5 Å². The van der Waals surface area contributed by atoms with Crippen LogP contribution in [-0.2, 0) is 11.3 Å². The highest BCUT2D eigenvalue weighted by molar-refractivity contribution is 7.99. The van der Waals surface area contributed by atoms with Crippen LogP contribution in [0.3, 0.4) is 0 Å². The van der Waals surface area contributed by atoms with Crippen molar-refractivity contribution in [3.63, 3.8) is 0 Å². The number of fused-ring (bicyclic) bond motifs is 2. The summed E-state index contributed by atoms with van der Waals surface area (Å²) >= 11 is 1.75. The highest BCUT2D eigenvalue weighted by Crippen LogP contribution is 2.43. The molecular weight excluding hydrogens is 384 g/mol. The number of hydrogen-bond acceptors (Lipinski definition) is 4. The smallest absolute Gasteiger partial charge is 0.408 e. The van der Waals surface area contributed by atoms with Gasteiger partial charge in [0.25, 0.3) is 0 Å². The molecule has 0 bridgehead atoms. The highest BCUT2D eigenvalue weighted by Gasteiger charge is 2.33. The molecule has 1 atom stereocenters. The first-order valence-corrected chi connectivity index (χ1v) is 10.4. The van der Waals surface area contributed by atoms with Gasteiger partial charge in [0.15, 0.2) is 5.58 Å². The van der Waals surface area contributed by atoms with Gasteiger partial charge in [-0.05, 0) is 29.8 Å². The van der Waals surface area contributed by atoms with Crippen molar-refractivity contribution in [3.8, 4) is 0 Å². The molecule has 0 saturated heterocycles. The Hall–Kier alpha value is -3.25. The van der Waals surface area contributed by atoms with Crippen molar-refractivity contribution in [3.05, 3.63) is 95.0 Å². The van der Waals surface area contributed by atoms with Crippen molar-refractivity contribution in [1.82, 2.24) is 4.57 Å². The van der Waals surface area contributed by atoms with Crippen molar-refractivity contribution in [2.24, 2.45) is 0 Å². The summed E-state index contributed by atoms with van der Waals surface area (Å²) in [6.45, 7) is -0.0712. The van der Waals surface area contributed by atoms with E-state index in [9.17, 15) is 9.59 Å². The third kappa shape index (κ3) is 3.15. The van der Waals surface area contributed by atoms with Gasteiger partial charge in [0, 0.05) is 10.6 Å². The van der Waals surface area contributed by atoms with E-state index in [1.165, 1.54) is 4.57 Å². The maximum atomic E-state index is 13.5. The lowest BCUT2D eigenvalue weighted by Crippen LogP contribution is -2.41. The predicted octanol–water partition coefficient (Wildman–Crippen LogP) is 4.47. The first-order valence-electron chi connectivity index (χ1n) is 9.39. The Balaban J connectivity index is 1.57. The van der Waals surface area contributed by atoms with Gasteiger partial charge in [-0.3, -0.25) is 9.36 Å². The fourth-order valence-electron chi connectivity index (χ4n) is 3.79. The van der Waals surface area contributed by atoms with Crippen LogP contribution in [0.2, 0.25) is 0 Å². The number of aromatic nitrogens is 1. The minimum atomic E-state index is -0.518. The van der Waals surface area contributed by atoms with E-state index in [0.717, 1.165) is 21.9 Å². The monoisotopic (exact) mass is 402 g/mol. The van der Waals surface area contributed by atoms with Crippen LogP contribution >= 0.6 is 11.8 Å². The first-order chi connectivity index (χ1) is 14.2. The van der Waals surface area contributed by atoms with Gasteiger partial charge in [0.1, 0.15) is 6.54 Å². The van der Waals surface area contributed by atoms with Crippen LogP contribution in [0.4, 0.5) is 5.69 Å². The summed E-state index contributed by atoms with van der Waals surface area (Å²) in [7, 11) is 0. The van der Waals surface area contributed by atoms with Crippen molar-refractivity contribution >= 4 is 34.5 Å². The number of amides is 1.